The van der Waals surface area contributed by atoms with E-state index in [9.17, 15) is 0 Å². The average molecular weight is 249 g/mol. The van der Waals surface area contributed by atoms with E-state index in [1.54, 1.807) is 6.33 Å². The van der Waals surface area contributed by atoms with E-state index >= 15 is 0 Å². The molecule has 0 spiro atoms. The average Bonchev–Trinajstić information content (AvgIpc) is 2.56. The van der Waals surface area contributed by atoms with Gasteiger partial charge in [0.15, 0.2) is 0 Å². The van der Waals surface area contributed by atoms with E-state index in [4.69, 9.17) is 4.74 Å². The van der Waals surface area contributed by atoms with Crippen molar-refractivity contribution in [3.8, 4) is 5.88 Å². The molecule has 4 heteroatoms. The number of hydrogen-bond acceptors (Lipinski definition) is 4. The number of nitrogens with zero attached hydrogens (tertiary/aromatic N) is 2. The number of rotatable bonds is 4. The van der Waals surface area contributed by atoms with E-state index < -0.39 is 0 Å². The molecular formula is C14H23N3O. The molecule has 1 aliphatic carbocycles. The van der Waals surface area contributed by atoms with Crippen LogP contribution in [0.25, 0.3) is 0 Å². The van der Waals surface area contributed by atoms with Gasteiger partial charge in [-0.25, -0.2) is 9.97 Å². The van der Waals surface area contributed by atoms with Crippen LogP contribution in [0.3, 0.4) is 0 Å². The van der Waals surface area contributed by atoms with Gasteiger partial charge in [0.05, 0.1) is 6.61 Å². The second-order valence-electron chi connectivity index (χ2n) is 5.13. The Morgan fingerprint density at radius 1 is 1.28 bits per heavy atom. The van der Waals surface area contributed by atoms with E-state index in [1.165, 1.54) is 32.1 Å². The van der Waals surface area contributed by atoms with Crippen molar-refractivity contribution in [2.45, 2.75) is 52.0 Å². The molecule has 2 atom stereocenters. The Morgan fingerprint density at radius 3 is 3.00 bits per heavy atom. The van der Waals surface area contributed by atoms with Crippen LogP contribution in [0.15, 0.2) is 12.4 Å². The third-order valence-electron chi connectivity index (χ3n) is 3.54. The summed E-state index contributed by atoms with van der Waals surface area (Å²) in [5.41, 5.74) is 0. The van der Waals surface area contributed by atoms with Crippen LogP contribution in [0.2, 0.25) is 0 Å². The molecule has 0 bridgehead atoms. The normalized spacial score (nSPS) is 24.3. The van der Waals surface area contributed by atoms with Crippen LogP contribution >= 0.6 is 0 Å². The van der Waals surface area contributed by atoms with Crippen LogP contribution in [0.1, 0.15) is 46.0 Å². The molecule has 2 unspecified atom stereocenters. The molecule has 4 nitrogen and oxygen atoms in total. The smallest absolute Gasteiger partial charge is 0.218 e. The molecule has 1 aromatic heterocycles. The van der Waals surface area contributed by atoms with E-state index in [1.807, 2.05) is 13.0 Å². The molecule has 100 valence electrons. The third-order valence-corrected chi connectivity index (χ3v) is 3.54. The highest BCUT2D eigenvalue weighted by molar-refractivity contribution is 5.38. The van der Waals surface area contributed by atoms with Gasteiger partial charge in [0.1, 0.15) is 12.1 Å². The van der Waals surface area contributed by atoms with Crippen LogP contribution in [-0.2, 0) is 0 Å². The van der Waals surface area contributed by atoms with Crippen LogP contribution in [0, 0.1) is 5.92 Å². The van der Waals surface area contributed by atoms with Gasteiger partial charge in [0.25, 0.3) is 0 Å². The zero-order valence-electron chi connectivity index (χ0n) is 11.4. The number of aromatic nitrogens is 2. The largest absolute Gasteiger partial charge is 0.478 e. The number of hydrogen-bond donors (Lipinski definition) is 1. The van der Waals surface area contributed by atoms with Gasteiger partial charge in [-0.2, -0.15) is 0 Å². The maximum absolute atomic E-state index is 5.39. The predicted molar refractivity (Wildman–Crippen MR) is 72.9 cm³/mol. The number of ether oxygens (including phenoxy) is 1. The quantitative estimate of drug-likeness (QED) is 0.832. The van der Waals surface area contributed by atoms with E-state index in [0.717, 1.165) is 11.7 Å². The fourth-order valence-corrected chi connectivity index (χ4v) is 2.49. The Labute approximate surface area is 109 Å². The van der Waals surface area contributed by atoms with Gasteiger partial charge in [-0.1, -0.05) is 19.8 Å². The first-order valence-corrected chi connectivity index (χ1v) is 6.99. The molecule has 2 rings (SSSR count). The van der Waals surface area contributed by atoms with Gasteiger partial charge in [-0.3, -0.25) is 0 Å². The Morgan fingerprint density at radius 2 is 2.17 bits per heavy atom. The highest BCUT2D eigenvalue weighted by Crippen LogP contribution is 2.25. The summed E-state index contributed by atoms with van der Waals surface area (Å²) in [7, 11) is 0. The van der Waals surface area contributed by atoms with Crippen molar-refractivity contribution in [3.63, 3.8) is 0 Å². The summed E-state index contributed by atoms with van der Waals surface area (Å²) in [5, 5.41) is 3.51. The summed E-state index contributed by atoms with van der Waals surface area (Å²) in [4.78, 5) is 8.34. The van der Waals surface area contributed by atoms with Gasteiger partial charge >= 0.3 is 0 Å². The lowest BCUT2D eigenvalue weighted by atomic mass is 10.0. The second-order valence-corrected chi connectivity index (χ2v) is 5.13. The molecule has 1 fully saturated rings. The molecule has 1 aliphatic rings. The molecule has 0 amide bonds. The molecule has 1 aromatic rings. The number of anilines is 1. The van der Waals surface area contributed by atoms with E-state index in [-0.39, 0.29) is 0 Å². The second kappa shape index (κ2) is 6.57. The molecule has 0 radical (unpaired) electrons. The van der Waals surface area contributed by atoms with Gasteiger partial charge < -0.3 is 10.1 Å². The van der Waals surface area contributed by atoms with Crippen molar-refractivity contribution < 1.29 is 4.74 Å². The summed E-state index contributed by atoms with van der Waals surface area (Å²) >= 11 is 0. The minimum Gasteiger partial charge on any atom is -0.478 e. The van der Waals surface area contributed by atoms with Crippen molar-refractivity contribution in [3.05, 3.63) is 12.4 Å². The van der Waals surface area contributed by atoms with Gasteiger partial charge in [0.2, 0.25) is 5.88 Å². The molecule has 0 aliphatic heterocycles. The zero-order chi connectivity index (χ0) is 12.8. The fraction of sp³-hybridized carbons (Fsp3) is 0.714. The Bertz CT molecular complexity index is 370. The van der Waals surface area contributed by atoms with Crippen LogP contribution in [0.5, 0.6) is 5.88 Å². The summed E-state index contributed by atoms with van der Waals surface area (Å²) in [6.07, 6.45) is 8.00. The Kier molecular flexibility index (Phi) is 4.79. The molecular weight excluding hydrogens is 226 g/mol. The van der Waals surface area contributed by atoms with E-state index in [0.29, 0.717) is 18.5 Å². The molecule has 1 saturated carbocycles. The van der Waals surface area contributed by atoms with Gasteiger partial charge in [-0.05, 0) is 32.1 Å². The topological polar surface area (TPSA) is 47.0 Å². The van der Waals surface area contributed by atoms with Gasteiger partial charge in [-0.15, -0.1) is 0 Å². The maximum atomic E-state index is 5.39. The van der Waals surface area contributed by atoms with E-state index in [2.05, 4.69) is 22.2 Å². The third kappa shape index (κ3) is 3.86. The highest BCUT2D eigenvalue weighted by atomic mass is 16.5. The van der Waals surface area contributed by atoms with Crippen molar-refractivity contribution in [2.24, 2.45) is 5.92 Å². The first-order valence-electron chi connectivity index (χ1n) is 6.99. The number of nitrogens with one attached hydrogen (secondary N) is 1. The first kappa shape index (κ1) is 13.1. The minimum atomic E-state index is 0.541. The summed E-state index contributed by atoms with van der Waals surface area (Å²) in [6, 6.07) is 2.43. The van der Waals surface area contributed by atoms with Crippen molar-refractivity contribution in [2.75, 3.05) is 11.9 Å². The standard InChI is InChI=1S/C14H23N3O/c1-3-18-14-9-13(15-10-16-14)17-12-6-4-5-11(2)7-8-12/h9-12H,3-8H2,1-2H3,(H,15,16,17). The highest BCUT2D eigenvalue weighted by Gasteiger charge is 2.16. The maximum Gasteiger partial charge on any atom is 0.218 e. The van der Waals surface area contributed by atoms with Crippen molar-refractivity contribution in [1.29, 1.82) is 0 Å². The zero-order valence-corrected chi connectivity index (χ0v) is 11.4. The molecule has 1 heterocycles. The first-order chi connectivity index (χ1) is 8.78. The Hall–Kier alpha value is -1.32. The van der Waals surface area contributed by atoms with Gasteiger partial charge in [0, 0.05) is 12.1 Å². The van der Waals surface area contributed by atoms with Crippen LogP contribution < -0.4 is 10.1 Å². The fourth-order valence-electron chi connectivity index (χ4n) is 2.49. The lowest BCUT2D eigenvalue weighted by molar-refractivity contribution is 0.326. The molecule has 1 N–H and O–H groups in total. The molecule has 0 saturated heterocycles. The molecule has 0 aromatic carbocycles. The van der Waals surface area contributed by atoms with Crippen LogP contribution in [-0.4, -0.2) is 22.6 Å². The summed E-state index contributed by atoms with van der Waals surface area (Å²) in [5.74, 6) is 2.39. The Balaban J connectivity index is 1.93. The monoisotopic (exact) mass is 249 g/mol. The lowest BCUT2D eigenvalue weighted by Gasteiger charge is -2.17. The molecule has 18 heavy (non-hydrogen) atoms. The lowest BCUT2D eigenvalue weighted by Crippen LogP contribution is -2.19. The SMILES string of the molecule is CCOc1cc(NC2CCCC(C)CC2)ncn1. The van der Waals surface area contributed by atoms with Crippen LogP contribution in [0.4, 0.5) is 5.82 Å². The minimum absolute atomic E-state index is 0.541. The summed E-state index contributed by atoms with van der Waals surface area (Å²) < 4.78 is 5.39. The van der Waals surface area contributed by atoms with Crippen molar-refractivity contribution >= 4 is 5.82 Å². The van der Waals surface area contributed by atoms with Crippen molar-refractivity contribution in [1.82, 2.24) is 9.97 Å². The summed E-state index contributed by atoms with van der Waals surface area (Å²) in [6.45, 7) is 4.94. The predicted octanol–water partition coefficient (Wildman–Crippen LogP) is 3.26.